The molecule has 1 atom stereocenters. The highest BCUT2D eigenvalue weighted by Gasteiger charge is 2.39. The quantitative estimate of drug-likeness (QED) is 0.389. The highest BCUT2D eigenvalue weighted by atomic mass is 35.5. The number of hydrogen-bond acceptors (Lipinski definition) is 4. The van der Waals surface area contributed by atoms with E-state index in [1.807, 2.05) is 18.2 Å². The Bertz CT molecular complexity index is 953. The molecule has 1 fully saturated rings. The number of nitrogens with zero attached hydrogens (tertiary/aromatic N) is 3. The standard InChI is InChI=1S/C24H26ClN3O2/c25-21-11-4-5-12-22(21)28-23(29)19-10-3-2-9-18(19)20(24(28)30)17-26-13-8-16-27-14-6-1-7-15-27/h2-5,9-12,17,20H,1,6-8,13-16H2/t20-/m0/s1. The van der Waals surface area contributed by atoms with Crippen LogP contribution in [0, 0.1) is 0 Å². The second-order valence-corrected chi connectivity index (χ2v) is 8.21. The van der Waals surface area contributed by atoms with Crippen molar-refractivity contribution in [2.45, 2.75) is 31.6 Å². The highest BCUT2D eigenvalue weighted by Crippen LogP contribution is 2.35. The molecule has 2 aromatic rings. The average Bonchev–Trinajstić information content (AvgIpc) is 2.77. The van der Waals surface area contributed by atoms with Crippen LogP contribution in [-0.4, -0.2) is 49.1 Å². The Balaban J connectivity index is 1.52. The maximum Gasteiger partial charge on any atom is 0.265 e. The van der Waals surface area contributed by atoms with Gasteiger partial charge in [-0.25, -0.2) is 4.90 Å². The summed E-state index contributed by atoms with van der Waals surface area (Å²) in [5, 5.41) is 0.371. The van der Waals surface area contributed by atoms with Crippen molar-refractivity contribution in [3.05, 3.63) is 64.7 Å². The lowest BCUT2D eigenvalue weighted by Crippen LogP contribution is -2.45. The Hall–Kier alpha value is -2.50. The summed E-state index contributed by atoms with van der Waals surface area (Å²) in [6, 6.07) is 14.2. The maximum absolute atomic E-state index is 13.3. The molecule has 4 rings (SSSR count). The fraction of sp³-hybridized carbons (Fsp3) is 0.375. The molecule has 2 aliphatic heterocycles. The van der Waals surface area contributed by atoms with Gasteiger partial charge >= 0.3 is 0 Å². The Morgan fingerprint density at radius 3 is 2.53 bits per heavy atom. The fourth-order valence-corrected chi connectivity index (χ4v) is 4.43. The minimum Gasteiger partial charge on any atom is -0.303 e. The largest absolute Gasteiger partial charge is 0.303 e. The smallest absolute Gasteiger partial charge is 0.265 e. The Labute approximate surface area is 182 Å². The number of halogens is 1. The van der Waals surface area contributed by atoms with Gasteiger partial charge in [-0.15, -0.1) is 0 Å². The average molecular weight is 424 g/mol. The van der Waals surface area contributed by atoms with Crippen LogP contribution in [0.4, 0.5) is 5.69 Å². The number of hydrogen-bond donors (Lipinski definition) is 0. The number of anilines is 1. The number of benzene rings is 2. The minimum atomic E-state index is -0.592. The van der Waals surface area contributed by atoms with Crippen molar-refractivity contribution >= 4 is 35.3 Å². The molecule has 0 unspecified atom stereocenters. The molecular formula is C24H26ClN3O2. The minimum absolute atomic E-state index is 0.313. The SMILES string of the molecule is O=C1c2ccccc2[C@H](C=NCCCN2CCCCC2)C(=O)N1c1ccccc1Cl. The van der Waals surface area contributed by atoms with Crippen LogP contribution in [0.5, 0.6) is 0 Å². The van der Waals surface area contributed by atoms with Gasteiger partial charge in [0.2, 0.25) is 5.91 Å². The number of rotatable bonds is 6. The lowest BCUT2D eigenvalue weighted by molar-refractivity contribution is -0.118. The van der Waals surface area contributed by atoms with E-state index < -0.39 is 5.92 Å². The number of fused-ring (bicyclic) bond motifs is 1. The second kappa shape index (κ2) is 9.54. The Kier molecular flexibility index (Phi) is 6.60. The van der Waals surface area contributed by atoms with Crippen LogP contribution in [0.25, 0.3) is 0 Å². The van der Waals surface area contributed by atoms with Crippen LogP contribution in [0.3, 0.4) is 0 Å². The van der Waals surface area contributed by atoms with Gasteiger partial charge in [-0.1, -0.05) is 48.4 Å². The zero-order chi connectivity index (χ0) is 20.9. The molecule has 2 aliphatic rings. The third-order valence-corrected chi connectivity index (χ3v) is 6.09. The molecule has 0 N–H and O–H groups in total. The summed E-state index contributed by atoms with van der Waals surface area (Å²) in [6.07, 6.45) is 6.56. The third-order valence-electron chi connectivity index (χ3n) is 5.77. The van der Waals surface area contributed by atoms with Gasteiger partial charge in [0.05, 0.1) is 16.6 Å². The number of para-hydroxylation sites is 1. The second-order valence-electron chi connectivity index (χ2n) is 7.81. The lowest BCUT2D eigenvalue weighted by Gasteiger charge is -2.31. The molecular weight excluding hydrogens is 398 g/mol. The van der Waals surface area contributed by atoms with Gasteiger partial charge in [0, 0.05) is 18.3 Å². The summed E-state index contributed by atoms with van der Waals surface area (Å²) in [6.45, 7) is 4.06. The third kappa shape index (κ3) is 4.32. The first-order valence-electron chi connectivity index (χ1n) is 10.6. The number of imide groups is 1. The Morgan fingerprint density at radius 2 is 1.73 bits per heavy atom. The molecule has 0 saturated carbocycles. The molecule has 2 heterocycles. The number of piperidine rings is 1. The van der Waals surface area contributed by atoms with Gasteiger partial charge < -0.3 is 4.90 Å². The fourth-order valence-electron chi connectivity index (χ4n) is 4.21. The molecule has 0 radical (unpaired) electrons. The van der Waals surface area contributed by atoms with Crippen molar-refractivity contribution in [3.8, 4) is 0 Å². The molecule has 0 aromatic heterocycles. The zero-order valence-electron chi connectivity index (χ0n) is 17.0. The first-order chi connectivity index (χ1) is 14.7. The number of carbonyl (C=O) groups is 2. The summed E-state index contributed by atoms with van der Waals surface area (Å²) < 4.78 is 0. The van der Waals surface area contributed by atoms with Crippen molar-refractivity contribution in [1.82, 2.24) is 4.90 Å². The van der Waals surface area contributed by atoms with E-state index in [9.17, 15) is 9.59 Å². The van der Waals surface area contributed by atoms with Crippen molar-refractivity contribution in [2.75, 3.05) is 31.1 Å². The van der Waals surface area contributed by atoms with Crippen LogP contribution in [-0.2, 0) is 4.79 Å². The first kappa shape index (κ1) is 20.8. The molecule has 2 aromatic carbocycles. The van der Waals surface area contributed by atoms with E-state index in [1.165, 1.54) is 37.3 Å². The number of likely N-dealkylation sites (tertiary alicyclic amines) is 1. The monoisotopic (exact) mass is 423 g/mol. The zero-order valence-corrected chi connectivity index (χ0v) is 17.7. The molecule has 2 amide bonds. The molecule has 0 bridgehead atoms. The van der Waals surface area contributed by atoms with Gasteiger partial charge in [-0.05, 0) is 62.7 Å². The topological polar surface area (TPSA) is 53.0 Å². The van der Waals surface area contributed by atoms with E-state index in [1.54, 1.807) is 36.5 Å². The molecule has 156 valence electrons. The Morgan fingerprint density at radius 1 is 1.00 bits per heavy atom. The van der Waals surface area contributed by atoms with Gasteiger partial charge in [0.25, 0.3) is 5.91 Å². The van der Waals surface area contributed by atoms with Crippen LogP contribution >= 0.6 is 11.6 Å². The number of carbonyl (C=O) groups excluding carboxylic acids is 2. The van der Waals surface area contributed by atoms with Gasteiger partial charge in [0.15, 0.2) is 0 Å². The molecule has 6 heteroatoms. The van der Waals surface area contributed by atoms with Crippen LogP contribution in [0.2, 0.25) is 5.02 Å². The summed E-state index contributed by atoms with van der Waals surface area (Å²) in [4.78, 5) is 34.6. The van der Waals surface area contributed by atoms with Gasteiger partial charge in [0.1, 0.15) is 0 Å². The first-order valence-corrected chi connectivity index (χ1v) is 11.0. The summed E-state index contributed by atoms with van der Waals surface area (Å²) in [5.74, 6) is -1.25. The summed E-state index contributed by atoms with van der Waals surface area (Å²) in [7, 11) is 0. The number of aliphatic imine (C=N–C) groups is 1. The van der Waals surface area contributed by atoms with E-state index in [2.05, 4.69) is 9.89 Å². The number of amides is 2. The van der Waals surface area contributed by atoms with E-state index in [0.717, 1.165) is 13.0 Å². The predicted molar refractivity (Wildman–Crippen MR) is 121 cm³/mol. The van der Waals surface area contributed by atoms with E-state index in [4.69, 9.17) is 11.6 Å². The van der Waals surface area contributed by atoms with Gasteiger partial charge in [-0.2, -0.15) is 0 Å². The maximum atomic E-state index is 13.3. The van der Waals surface area contributed by atoms with Crippen molar-refractivity contribution < 1.29 is 9.59 Å². The van der Waals surface area contributed by atoms with Crippen molar-refractivity contribution in [2.24, 2.45) is 4.99 Å². The molecule has 0 aliphatic carbocycles. The van der Waals surface area contributed by atoms with E-state index in [-0.39, 0.29) is 11.8 Å². The lowest BCUT2D eigenvalue weighted by atomic mass is 9.89. The molecule has 5 nitrogen and oxygen atoms in total. The van der Waals surface area contributed by atoms with E-state index >= 15 is 0 Å². The van der Waals surface area contributed by atoms with Crippen LogP contribution in [0.15, 0.2) is 53.5 Å². The van der Waals surface area contributed by atoms with Crippen molar-refractivity contribution in [3.63, 3.8) is 0 Å². The molecule has 0 spiro atoms. The summed E-state index contributed by atoms with van der Waals surface area (Å²) >= 11 is 6.30. The van der Waals surface area contributed by atoms with E-state index in [0.29, 0.717) is 28.4 Å². The van der Waals surface area contributed by atoms with Crippen LogP contribution < -0.4 is 4.90 Å². The van der Waals surface area contributed by atoms with Gasteiger partial charge in [-0.3, -0.25) is 14.6 Å². The van der Waals surface area contributed by atoms with Crippen LogP contribution in [0.1, 0.15) is 47.5 Å². The highest BCUT2D eigenvalue weighted by molar-refractivity contribution is 6.37. The summed E-state index contributed by atoms with van der Waals surface area (Å²) in [5.41, 5.74) is 1.63. The normalized spacial score (nSPS) is 20.0. The predicted octanol–water partition coefficient (Wildman–Crippen LogP) is 4.56. The molecule has 1 saturated heterocycles. The van der Waals surface area contributed by atoms with Crippen molar-refractivity contribution in [1.29, 1.82) is 0 Å². The molecule has 30 heavy (non-hydrogen) atoms.